The third kappa shape index (κ3) is 4.61. The number of aromatic hydroxyl groups is 1. The maximum Gasteiger partial charge on any atom is 0.246 e. The van der Waals surface area contributed by atoms with Gasteiger partial charge in [0.25, 0.3) is 0 Å². The molecule has 0 unspecified atom stereocenters. The van der Waals surface area contributed by atoms with Gasteiger partial charge in [0.2, 0.25) is 18.2 Å². The number of hydrogen-bond acceptors (Lipinski definition) is 7. The van der Waals surface area contributed by atoms with Gasteiger partial charge < -0.3 is 24.5 Å². The Kier molecular flexibility index (Phi) is 6.80. The molecule has 190 valence electrons. The first-order valence-corrected chi connectivity index (χ1v) is 12.2. The fourth-order valence-electron chi connectivity index (χ4n) is 5.35. The van der Waals surface area contributed by atoms with E-state index in [1.54, 1.807) is 46.1 Å². The third-order valence-corrected chi connectivity index (χ3v) is 7.17. The molecule has 1 N–H and O–H groups in total. The maximum absolute atomic E-state index is 13.9. The zero-order valence-electron chi connectivity index (χ0n) is 20.3. The molecule has 0 radical (unpaired) electrons. The van der Waals surface area contributed by atoms with Crippen LogP contribution in [0.3, 0.4) is 0 Å². The number of benzene rings is 2. The minimum atomic E-state index is -0.757. The van der Waals surface area contributed by atoms with Gasteiger partial charge in [-0.15, -0.1) is 0 Å². The number of nitrogens with zero attached hydrogens (tertiary/aromatic N) is 5. The van der Waals surface area contributed by atoms with Gasteiger partial charge in [-0.05, 0) is 29.3 Å². The number of amides is 3. The summed E-state index contributed by atoms with van der Waals surface area (Å²) < 4.78 is 5.51. The normalized spacial score (nSPS) is 23.1. The van der Waals surface area contributed by atoms with Crippen molar-refractivity contribution in [3.8, 4) is 5.75 Å². The number of morpholine rings is 1. The molecule has 36 heavy (non-hydrogen) atoms. The minimum Gasteiger partial charge on any atom is -0.508 e. The molecule has 2 aromatic rings. The van der Waals surface area contributed by atoms with Crippen LogP contribution in [0.25, 0.3) is 0 Å². The topological polar surface area (TPSA) is 96.9 Å². The van der Waals surface area contributed by atoms with Crippen LogP contribution in [0.4, 0.5) is 5.69 Å². The first-order valence-electron chi connectivity index (χ1n) is 12.2. The van der Waals surface area contributed by atoms with E-state index in [-0.39, 0.29) is 30.7 Å². The molecule has 5 rings (SSSR count). The summed E-state index contributed by atoms with van der Waals surface area (Å²) in [6.07, 6.45) is 0.417. The van der Waals surface area contributed by atoms with Crippen LogP contribution < -0.4 is 4.90 Å². The molecule has 3 amide bonds. The van der Waals surface area contributed by atoms with Crippen LogP contribution in [0.15, 0.2) is 48.5 Å². The highest BCUT2D eigenvalue weighted by molar-refractivity contribution is 5.91. The van der Waals surface area contributed by atoms with Crippen molar-refractivity contribution in [2.45, 2.75) is 25.2 Å². The monoisotopic (exact) mass is 493 g/mol. The number of rotatable bonds is 6. The van der Waals surface area contributed by atoms with E-state index < -0.39 is 12.2 Å². The molecule has 0 bridgehead atoms. The lowest BCUT2D eigenvalue weighted by atomic mass is 9.98. The first kappa shape index (κ1) is 24.1. The van der Waals surface area contributed by atoms with E-state index in [1.807, 2.05) is 18.2 Å². The molecule has 10 nitrogen and oxygen atoms in total. The van der Waals surface area contributed by atoms with E-state index in [0.29, 0.717) is 26.2 Å². The fourth-order valence-corrected chi connectivity index (χ4v) is 5.35. The van der Waals surface area contributed by atoms with E-state index in [4.69, 9.17) is 4.74 Å². The summed E-state index contributed by atoms with van der Waals surface area (Å²) in [6.45, 7) is 3.49. The van der Waals surface area contributed by atoms with Gasteiger partial charge in [-0.1, -0.05) is 30.3 Å². The number of phenols is 1. The largest absolute Gasteiger partial charge is 0.508 e. The third-order valence-electron chi connectivity index (χ3n) is 7.17. The molecule has 3 aliphatic rings. The lowest BCUT2D eigenvalue weighted by Crippen LogP contribution is -2.74. The maximum atomic E-state index is 13.9. The van der Waals surface area contributed by atoms with Gasteiger partial charge in [-0.25, -0.2) is 5.01 Å². The number of phenolic OH excluding ortho intramolecular Hbond substituents is 1. The second kappa shape index (κ2) is 10.2. The molecule has 10 heteroatoms. The smallest absolute Gasteiger partial charge is 0.246 e. The molecular weight excluding hydrogens is 462 g/mol. The fraction of sp³-hybridized carbons (Fsp3) is 0.423. The lowest BCUT2D eigenvalue weighted by molar-refractivity contribution is -0.196. The van der Waals surface area contributed by atoms with Crippen LogP contribution in [-0.4, -0.2) is 102 Å². The standard InChI is InChI=1S/C26H31N5O5/c1-27-17-25(34)31-23(14-19-6-8-21(33)9-7-19)26(35)29(16-24(31)30(27)18-32)15-20-4-2-3-5-22(20)28-10-12-36-13-11-28/h2-9,18,23-24,33H,10-17H2,1H3/t23-,24+/m0/s1. The highest BCUT2D eigenvalue weighted by Gasteiger charge is 2.49. The Morgan fingerprint density at radius 1 is 1.06 bits per heavy atom. The predicted octanol–water partition coefficient (Wildman–Crippen LogP) is 0.656. The number of fused-ring (bicyclic) bond motifs is 1. The molecule has 0 spiro atoms. The number of ether oxygens (including phenoxy) is 1. The second-order valence-electron chi connectivity index (χ2n) is 9.42. The minimum absolute atomic E-state index is 0.0223. The summed E-state index contributed by atoms with van der Waals surface area (Å²) in [4.78, 5) is 44.7. The van der Waals surface area contributed by atoms with Gasteiger partial charge in [0.1, 0.15) is 18.0 Å². The van der Waals surface area contributed by atoms with Crippen LogP contribution in [0.1, 0.15) is 11.1 Å². The van der Waals surface area contributed by atoms with Crippen molar-refractivity contribution in [1.82, 2.24) is 19.8 Å². The van der Waals surface area contributed by atoms with Crippen molar-refractivity contribution in [3.63, 3.8) is 0 Å². The lowest BCUT2D eigenvalue weighted by Gasteiger charge is -2.53. The number of carbonyl (C=O) groups is 3. The Labute approximate surface area is 210 Å². The molecule has 0 aromatic heterocycles. The van der Waals surface area contributed by atoms with Crippen LogP contribution in [-0.2, 0) is 32.1 Å². The Bertz CT molecular complexity index is 1120. The molecule has 2 aromatic carbocycles. The molecule has 3 fully saturated rings. The van der Waals surface area contributed by atoms with E-state index in [2.05, 4.69) is 11.0 Å². The van der Waals surface area contributed by atoms with Crippen LogP contribution in [0.2, 0.25) is 0 Å². The van der Waals surface area contributed by atoms with Gasteiger partial charge in [-0.2, -0.15) is 0 Å². The molecule has 2 atom stereocenters. The number of carbonyl (C=O) groups excluding carboxylic acids is 3. The summed E-state index contributed by atoms with van der Waals surface area (Å²) in [6, 6.07) is 13.9. The van der Waals surface area contributed by atoms with E-state index >= 15 is 0 Å². The Hall–Kier alpha value is -3.63. The molecule has 3 saturated heterocycles. The van der Waals surface area contributed by atoms with Crippen molar-refractivity contribution in [2.75, 3.05) is 51.3 Å². The Morgan fingerprint density at radius 2 is 1.78 bits per heavy atom. The molecule has 3 aliphatic heterocycles. The van der Waals surface area contributed by atoms with Crippen molar-refractivity contribution in [2.24, 2.45) is 0 Å². The van der Waals surface area contributed by atoms with E-state index in [9.17, 15) is 19.5 Å². The first-order chi connectivity index (χ1) is 17.5. The molecule has 0 aliphatic carbocycles. The summed E-state index contributed by atoms with van der Waals surface area (Å²) in [5.74, 6) is -0.207. The summed E-state index contributed by atoms with van der Waals surface area (Å²) in [5, 5.41) is 12.8. The van der Waals surface area contributed by atoms with Crippen LogP contribution >= 0.6 is 0 Å². The summed E-state index contributed by atoms with van der Waals surface area (Å²) in [7, 11) is 1.70. The molecule has 3 heterocycles. The Balaban J connectivity index is 1.47. The van der Waals surface area contributed by atoms with Gasteiger partial charge in [0.05, 0.1) is 26.3 Å². The highest BCUT2D eigenvalue weighted by Crippen LogP contribution is 2.30. The predicted molar refractivity (Wildman–Crippen MR) is 132 cm³/mol. The van der Waals surface area contributed by atoms with Crippen molar-refractivity contribution >= 4 is 23.9 Å². The van der Waals surface area contributed by atoms with Crippen LogP contribution in [0, 0.1) is 0 Å². The Morgan fingerprint density at radius 3 is 2.50 bits per heavy atom. The average Bonchev–Trinajstić information content (AvgIpc) is 2.88. The van der Waals surface area contributed by atoms with Crippen molar-refractivity contribution in [1.29, 1.82) is 0 Å². The molecule has 0 saturated carbocycles. The second-order valence-corrected chi connectivity index (χ2v) is 9.42. The van der Waals surface area contributed by atoms with Crippen molar-refractivity contribution < 1.29 is 24.2 Å². The van der Waals surface area contributed by atoms with Gasteiger partial charge >= 0.3 is 0 Å². The van der Waals surface area contributed by atoms with E-state index in [0.717, 1.165) is 36.3 Å². The van der Waals surface area contributed by atoms with Crippen molar-refractivity contribution in [3.05, 3.63) is 59.7 Å². The SMILES string of the molecule is CN1CC(=O)N2[C@@H](Cc3ccc(O)cc3)C(=O)N(Cc3ccccc3N3CCOCC3)C[C@@H]2N1C=O. The molecular formula is C26H31N5O5. The number of piperazine rings is 1. The zero-order valence-corrected chi connectivity index (χ0v) is 20.3. The van der Waals surface area contributed by atoms with Gasteiger partial charge in [0, 0.05) is 38.8 Å². The quantitative estimate of drug-likeness (QED) is 0.591. The average molecular weight is 494 g/mol. The zero-order chi connectivity index (χ0) is 25.2. The summed E-state index contributed by atoms with van der Waals surface area (Å²) >= 11 is 0. The van der Waals surface area contributed by atoms with Crippen LogP contribution in [0.5, 0.6) is 5.75 Å². The highest BCUT2D eigenvalue weighted by atomic mass is 16.5. The van der Waals surface area contributed by atoms with Gasteiger partial charge in [-0.3, -0.25) is 19.4 Å². The number of likely N-dealkylation sites (N-methyl/N-ethyl adjacent to an activating group) is 1. The van der Waals surface area contributed by atoms with Gasteiger partial charge in [0.15, 0.2) is 0 Å². The number of para-hydroxylation sites is 1. The number of hydrogen-bond donors (Lipinski definition) is 1. The number of anilines is 1. The summed E-state index contributed by atoms with van der Waals surface area (Å²) in [5.41, 5.74) is 2.90. The number of hydrazine groups is 1. The van der Waals surface area contributed by atoms with E-state index in [1.165, 1.54) is 5.01 Å².